The lowest BCUT2D eigenvalue weighted by atomic mass is 9.74. The molecule has 0 aliphatic carbocycles. The SMILES string of the molecule is CCOC(=O)COCC1(c2ccc(CN3C(C)CCC(c4ccccc4)S3(=O)=O)c(F)c2)CCOCC1. The number of hydrogen-bond acceptors (Lipinski definition) is 6. The zero-order chi connectivity index (χ0) is 26.5. The maximum absolute atomic E-state index is 15.5. The second kappa shape index (κ2) is 12.0. The van der Waals surface area contributed by atoms with Gasteiger partial charge in [0.25, 0.3) is 0 Å². The summed E-state index contributed by atoms with van der Waals surface area (Å²) in [4.78, 5) is 11.7. The molecule has 2 aromatic rings. The van der Waals surface area contributed by atoms with E-state index < -0.39 is 32.5 Å². The number of ether oxygens (including phenoxy) is 3. The molecule has 0 spiro atoms. The standard InChI is InChI=1S/C28H36FNO6S/c1-3-36-27(31)19-35-20-28(13-15-34-16-14-28)24-11-10-23(25(29)17-24)18-30-21(2)9-12-26(37(30,32)33)22-7-5-4-6-8-22/h4-8,10-11,17,21,26H,3,9,12-16,18-20H2,1-2H3. The maximum Gasteiger partial charge on any atom is 0.332 e. The molecule has 37 heavy (non-hydrogen) atoms. The lowest BCUT2D eigenvalue weighted by Crippen LogP contribution is -2.45. The molecule has 2 unspecified atom stereocenters. The van der Waals surface area contributed by atoms with E-state index in [-0.39, 0.29) is 32.4 Å². The second-order valence-electron chi connectivity index (χ2n) is 9.91. The first-order chi connectivity index (χ1) is 17.8. The first kappa shape index (κ1) is 27.7. The first-order valence-electron chi connectivity index (χ1n) is 12.9. The van der Waals surface area contributed by atoms with Gasteiger partial charge in [-0.05, 0) is 56.7 Å². The molecule has 2 saturated heterocycles. The second-order valence-corrected chi connectivity index (χ2v) is 12.0. The summed E-state index contributed by atoms with van der Waals surface area (Å²) < 4.78 is 60.2. The number of hydrogen-bond donors (Lipinski definition) is 0. The van der Waals surface area contributed by atoms with Crippen LogP contribution < -0.4 is 0 Å². The summed E-state index contributed by atoms with van der Waals surface area (Å²) in [5.74, 6) is -0.880. The van der Waals surface area contributed by atoms with Gasteiger partial charge in [-0.2, -0.15) is 4.31 Å². The van der Waals surface area contributed by atoms with Crippen LogP contribution in [0, 0.1) is 5.82 Å². The number of rotatable bonds is 9. The maximum atomic E-state index is 15.5. The van der Waals surface area contributed by atoms with Crippen LogP contribution in [0.2, 0.25) is 0 Å². The van der Waals surface area contributed by atoms with E-state index in [2.05, 4.69) is 0 Å². The van der Waals surface area contributed by atoms with Gasteiger partial charge in [-0.15, -0.1) is 0 Å². The molecule has 0 radical (unpaired) electrons. The van der Waals surface area contributed by atoms with Crippen molar-refractivity contribution in [3.63, 3.8) is 0 Å². The molecule has 2 aromatic carbocycles. The molecular weight excluding hydrogens is 497 g/mol. The molecule has 2 aliphatic rings. The van der Waals surface area contributed by atoms with Crippen LogP contribution in [0.4, 0.5) is 4.39 Å². The number of esters is 1. The summed E-state index contributed by atoms with van der Waals surface area (Å²) in [5.41, 5.74) is 1.37. The summed E-state index contributed by atoms with van der Waals surface area (Å²) in [6.07, 6.45) is 2.51. The Labute approximate surface area is 219 Å². The highest BCUT2D eigenvalue weighted by Crippen LogP contribution is 2.39. The van der Waals surface area contributed by atoms with Crippen molar-refractivity contribution < 1.29 is 31.8 Å². The molecule has 2 aliphatic heterocycles. The van der Waals surface area contributed by atoms with Gasteiger partial charge in [0.15, 0.2) is 0 Å². The Balaban J connectivity index is 1.54. The van der Waals surface area contributed by atoms with Crippen molar-refractivity contribution in [3.05, 3.63) is 71.0 Å². The van der Waals surface area contributed by atoms with E-state index in [1.54, 1.807) is 13.0 Å². The van der Waals surface area contributed by atoms with Crippen molar-refractivity contribution in [1.82, 2.24) is 4.31 Å². The molecule has 2 heterocycles. The molecule has 0 bridgehead atoms. The minimum atomic E-state index is -3.66. The van der Waals surface area contributed by atoms with Gasteiger partial charge in [0.2, 0.25) is 10.0 Å². The van der Waals surface area contributed by atoms with E-state index in [9.17, 15) is 13.2 Å². The van der Waals surface area contributed by atoms with Crippen LogP contribution >= 0.6 is 0 Å². The number of nitrogens with zero attached hydrogens (tertiary/aromatic N) is 1. The van der Waals surface area contributed by atoms with Crippen LogP contribution in [0.1, 0.15) is 61.5 Å². The lowest BCUT2D eigenvalue weighted by molar-refractivity contribution is -0.149. The topological polar surface area (TPSA) is 82.1 Å². The zero-order valence-electron chi connectivity index (χ0n) is 21.5. The molecule has 2 fully saturated rings. The van der Waals surface area contributed by atoms with Crippen LogP contribution in [-0.4, -0.2) is 57.8 Å². The summed E-state index contributed by atoms with van der Waals surface area (Å²) in [6, 6.07) is 14.0. The molecule has 0 saturated carbocycles. The normalized spacial score (nSPS) is 23.4. The van der Waals surface area contributed by atoms with E-state index in [1.807, 2.05) is 43.3 Å². The summed E-state index contributed by atoms with van der Waals surface area (Å²) in [6.45, 7) is 4.98. The Morgan fingerprint density at radius 1 is 1.14 bits per heavy atom. The fraction of sp³-hybridized carbons (Fsp3) is 0.536. The van der Waals surface area contributed by atoms with Crippen molar-refractivity contribution in [3.8, 4) is 0 Å². The van der Waals surface area contributed by atoms with Gasteiger partial charge in [-0.1, -0.05) is 42.5 Å². The molecular formula is C28H36FNO6S. The third-order valence-electron chi connectivity index (χ3n) is 7.54. The molecule has 2 atom stereocenters. The van der Waals surface area contributed by atoms with Crippen LogP contribution in [0.25, 0.3) is 0 Å². The van der Waals surface area contributed by atoms with E-state index in [0.717, 1.165) is 11.1 Å². The van der Waals surface area contributed by atoms with Gasteiger partial charge in [-0.25, -0.2) is 17.6 Å². The highest BCUT2D eigenvalue weighted by Gasteiger charge is 2.41. The Morgan fingerprint density at radius 2 is 1.86 bits per heavy atom. The number of halogens is 1. The van der Waals surface area contributed by atoms with Crippen molar-refractivity contribution in [2.45, 2.75) is 62.8 Å². The monoisotopic (exact) mass is 533 g/mol. The van der Waals surface area contributed by atoms with E-state index >= 15 is 4.39 Å². The number of benzene rings is 2. The molecule has 7 nitrogen and oxygen atoms in total. The van der Waals surface area contributed by atoms with Gasteiger partial charge >= 0.3 is 5.97 Å². The smallest absolute Gasteiger partial charge is 0.332 e. The first-order valence-corrected chi connectivity index (χ1v) is 14.4. The van der Waals surface area contributed by atoms with E-state index in [0.29, 0.717) is 44.5 Å². The molecule has 4 rings (SSSR count). The highest BCUT2D eigenvalue weighted by molar-refractivity contribution is 7.89. The Kier molecular flexibility index (Phi) is 9.00. The Hall–Kier alpha value is -2.33. The lowest BCUT2D eigenvalue weighted by Gasteiger charge is -2.38. The molecule has 202 valence electrons. The molecule has 0 aromatic heterocycles. The number of carbonyl (C=O) groups is 1. The minimum Gasteiger partial charge on any atom is -0.464 e. The number of sulfonamides is 1. The van der Waals surface area contributed by atoms with E-state index in [1.165, 1.54) is 10.4 Å². The minimum absolute atomic E-state index is 0.0194. The molecule has 0 N–H and O–H groups in total. The van der Waals surface area contributed by atoms with Crippen molar-refractivity contribution in [1.29, 1.82) is 0 Å². The van der Waals surface area contributed by atoms with Crippen LogP contribution in [0.5, 0.6) is 0 Å². The number of carbonyl (C=O) groups excluding carboxylic acids is 1. The summed E-state index contributed by atoms with van der Waals surface area (Å²) >= 11 is 0. The Bertz CT molecular complexity index is 1170. The largest absolute Gasteiger partial charge is 0.464 e. The van der Waals surface area contributed by atoms with Crippen molar-refractivity contribution in [2.75, 3.05) is 33.0 Å². The average molecular weight is 534 g/mol. The van der Waals surface area contributed by atoms with E-state index in [4.69, 9.17) is 14.2 Å². The average Bonchev–Trinajstić information content (AvgIpc) is 2.88. The summed E-state index contributed by atoms with van der Waals surface area (Å²) in [5, 5.41) is -0.630. The van der Waals surface area contributed by atoms with Crippen molar-refractivity contribution in [2.24, 2.45) is 0 Å². The third-order valence-corrected chi connectivity index (χ3v) is 9.91. The molecule has 0 amide bonds. The predicted molar refractivity (Wildman–Crippen MR) is 138 cm³/mol. The van der Waals surface area contributed by atoms with Crippen LogP contribution in [0.15, 0.2) is 48.5 Å². The molecule has 9 heteroatoms. The Morgan fingerprint density at radius 3 is 2.54 bits per heavy atom. The van der Waals surface area contributed by atoms with Gasteiger partial charge in [0, 0.05) is 36.8 Å². The predicted octanol–water partition coefficient (Wildman–Crippen LogP) is 4.51. The van der Waals surface area contributed by atoms with Crippen LogP contribution in [-0.2, 0) is 41.0 Å². The fourth-order valence-electron chi connectivity index (χ4n) is 5.34. The zero-order valence-corrected chi connectivity index (χ0v) is 22.3. The van der Waals surface area contributed by atoms with Gasteiger partial charge in [0.1, 0.15) is 17.7 Å². The quantitative estimate of drug-likeness (QED) is 0.441. The van der Waals surface area contributed by atoms with Gasteiger partial charge in [0.05, 0.1) is 13.2 Å². The van der Waals surface area contributed by atoms with Gasteiger partial charge in [-0.3, -0.25) is 0 Å². The van der Waals surface area contributed by atoms with Crippen LogP contribution in [0.3, 0.4) is 0 Å². The third kappa shape index (κ3) is 6.22. The van der Waals surface area contributed by atoms with Crippen molar-refractivity contribution >= 4 is 16.0 Å². The fourth-order valence-corrected chi connectivity index (χ4v) is 7.52. The summed E-state index contributed by atoms with van der Waals surface area (Å²) in [7, 11) is -3.66. The van der Waals surface area contributed by atoms with Gasteiger partial charge < -0.3 is 14.2 Å². The highest BCUT2D eigenvalue weighted by atomic mass is 32.2.